The smallest absolute Gasteiger partial charge is 0.242 e. The first-order chi connectivity index (χ1) is 15.0. The van der Waals surface area contributed by atoms with E-state index in [0.717, 1.165) is 30.5 Å². The van der Waals surface area contributed by atoms with Gasteiger partial charge in [-0.25, -0.2) is 0 Å². The summed E-state index contributed by atoms with van der Waals surface area (Å²) >= 11 is 0. The van der Waals surface area contributed by atoms with Crippen molar-refractivity contribution < 1.29 is 14.3 Å². The Morgan fingerprint density at radius 3 is 2.35 bits per heavy atom. The summed E-state index contributed by atoms with van der Waals surface area (Å²) in [6, 6.07) is 14.0. The number of unbranched alkanes of at least 4 members (excludes halogenated alkanes) is 1. The lowest BCUT2D eigenvalue weighted by Gasteiger charge is -2.28. The fourth-order valence-electron chi connectivity index (χ4n) is 3.44. The third kappa shape index (κ3) is 8.58. The molecular weight excluding hydrogens is 390 g/mol. The Balaban J connectivity index is 2.12. The van der Waals surface area contributed by atoms with E-state index in [1.54, 1.807) is 4.90 Å². The van der Waals surface area contributed by atoms with Crippen molar-refractivity contribution in [3.8, 4) is 0 Å². The van der Waals surface area contributed by atoms with E-state index in [0.29, 0.717) is 39.3 Å². The highest BCUT2D eigenvalue weighted by Gasteiger charge is 2.22. The van der Waals surface area contributed by atoms with Crippen LogP contribution in [0.15, 0.2) is 48.7 Å². The Kier molecular flexibility index (Phi) is 10.9. The molecule has 2 rings (SSSR count). The van der Waals surface area contributed by atoms with E-state index in [9.17, 15) is 9.59 Å². The van der Waals surface area contributed by atoms with Gasteiger partial charge in [0.2, 0.25) is 11.8 Å². The molecule has 6 heteroatoms. The summed E-state index contributed by atoms with van der Waals surface area (Å²) in [6.45, 7) is 6.94. The summed E-state index contributed by atoms with van der Waals surface area (Å²) in [5.74, 6) is 0.0107. The van der Waals surface area contributed by atoms with Crippen LogP contribution >= 0.6 is 0 Å². The van der Waals surface area contributed by atoms with Crippen LogP contribution < -0.4 is 0 Å². The van der Waals surface area contributed by atoms with Gasteiger partial charge in [-0.15, -0.1) is 0 Å². The zero-order chi connectivity index (χ0) is 22.5. The molecule has 0 bridgehead atoms. The van der Waals surface area contributed by atoms with Crippen LogP contribution in [0, 0.1) is 0 Å². The fourth-order valence-corrected chi connectivity index (χ4v) is 3.44. The first-order valence-corrected chi connectivity index (χ1v) is 11.3. The van der Waals surface area contributed by atoms with Crippen molar-refractivity contribution in [1.82, 2.24) is 14.4 Å². The lowest BCUT2D eigenvalue weighted by molar-refractivity contribution is -0.141. The van der Waals surface area contributed by atoms with Crippen molar-refractivity contribution in [2.45, 2.75) is 52.6 Å². The van der Waals surface area contributed by atoms with E-state index in [-0.39, 0.29) is 18.4 Å². The number of aromatic nitrogens is 1. The van der Waals surface area contributed by atoms with Crippen molar-refractivity contribution in [2.75, 3.05) is 26.3 Å². The molecule has 1 aromatic carbocycles. The van der Waals surface area contributed by atoms with Crippen molar-refractivity contribution in [2.24, 2.45) is 7.05 Å². The van der Waals surface area contributed by atoms with Crippen molar-refractivity contribution in [3.63, 3.8) is 0 Å². The summed E-state index contributed by atoms with van der Waals surface area (Å²) < 4.78 is 7.45. The SMILES string of the molecule is CCCCC(=O)N(CCCOCC)CC(=O)N(Cc1ccccc1)Cc1cccn1C. The second-order valence-corrected chi connectivity index (χ2v) is 7.82. The molecule has 1 aromatic heterocycles. The Morgan fingerprint density at radius 1 is 0.935 bits per heavy atom. The number of carbonyl (C=O) groups excluding carboxylic acids is 2. The molecule has 0 aliphatic carbocycles. The molecule has 0 atom stereocenters. The van der Waals surface area contributed by atoms with Crippen LogP contribution in [-0.4, -0.2) is 52.5 Å². The van der Waals surface area contributed by atoms with E-state index < -0.39 is 0 Å². The average Bonchev–Trinajstić information content (AvgIpc) is 3.18. The first-order valence-electron chi connectivity index (χ1n) is 11.3. The van der Waals surface area contributed by atoms with Gasteiger partial charge in [-0.2, -0.15) is 0 Å². The van der Waals surface area contributed by atoms with E-state index in [4.69, 9.17) is 4.74 Å². The summed E-state index contributed by atoms with van der Waals surface area (Å²) in [7, 11) is 1.98. The van der Waals surface area contributed by atoms with E-state index in [1.807, 2.05) is 72.1 Å². The molecule has 0 aliphatic heterocycles. The minimum Gasteiger partial charge on any atom is -0.382 e. The summed E-state index contributed by atoms with van der Waals surface area (Å²) in [5.41, 5.74) is 2.13. The number of amides is 2. The number of nitrogens with zero attached hydrogens (tertiary/aromatic N) is 3. The topological polar surface area (TPSA) is 54.8 Å². The zero-order valence-electron chi connectivity index (χ0n) is 19.3. The maximum absolute atomic E-state index is 13.4. The Labute approximate surface area is 186 Å². The van der Waals surface area contributed by atoms with E-state index in [1.165, 1.54) is 0 Å². The highest BCUT2D eigenvalue weighted by Crippen LogP contribution is 2.12. The quantitative estimate of drug-likeness (QED) is 0.428. The van der Waals surface area contributed by atoms with E-state index >= 15 is 0 Å². The van der Waals surface area contributed by atoms with Gasteiger partial charge in [0.05, 0.1) is 13.1 Å². The Hall–Kier alpha value is -2.60. The maximum Gasteiger partial charge on any atom is 0.242 e. The third-order valence-corrected chi connectivity index (χ3v) is 5.32. The van der Waals surface area contributed by atoms with Crippen LogP contribution in [0.3, 0.4) is 0 Å². The highest BCUT2D eigenvalue weighted by molar-refractivity contribution is 5.84. The van der Waals surface area contributed by atoms with Crippen molar-refractivity contribution in [1.29, 1.82) is 0 Å². The molecule has 2 aromatic rings. The van der Waals surface area contributed by atoms with Gasteiger partial charge in [0.1, 0.15) is 0 Å². The number of hydrogen-bond donors (Lipinski definition) is 0. The lowest BCUT2D eigenvalue weighted by Crippen LogP contribution is -2.43. The standard InChI is InChI=1S/C25H37N3O3/c1-4-6-15-24(29)27(17-11-18-31-5-2)21-25(30)28(19-22-12-8-7-9-13-22)20-23-14-10-16-26(23)3/h7-10,12-14,16H,4-6,11,15,17-21H2,1-3H3. The highest BCUT2D eigenvalue weighted by atomic mass is 16.5. The summed E-state index contributed by atoms with van der Waals surface area (Å²) in [6.07, 6.45) is 4.99. The molecule has 0 radical (unpaired) electrons. The van der Waals surface area contributed by atoms with Crippen LogP contribution in [0.1, 0.15) is 50.8 Å². The molecule has 2 amide bonds. The summed E-state index contributed by atoms with van der Waals surface area (Å²) in [5, 5.41) is 0. The van der Waals surface area contributed by atoms with Crippen LogP contribution in [0.5, 0.6) is 0 Å². The average molecular weight is 428 g/mol. The van der Waals surface area contributed by atoms with Gasteiger partial charge in [0.25, 0.3) is 0 Å². The molecule has 0 N–H and O–H groups in total. The molecule has 0 unspecified atom stereocenters. The van der Waals surface area contributed by atoms with Crippen LogP contribution in [0.2, 0.25) is 0 Å². The lowest BCUT2D eigenvalue weighted by atomic mass is 10.2. The third-order valence-electron chi connectivity index (χ3n) is 5.32. The maximum atomic E-state index is 13.4. The fraction of sp³-hybridized carbons (Fsp3) is 0.520. The second-order valence-electron chi connectivity index (χ2n) is 7.82. The molecular formula is C25H37N3O3. The van der Waals surface area contributed by atoms with Crippen molar-refractivity contribution in [3.05, 3.63) is 59.9 Å². The number of aryl methyl sites for hydroxylation is 1. The van der Waals surface area contributed by atoms with Crippen LogP contribution in [0.25, 0.3) is 0 Å². The van der Waals surface area contributed by atoms with Crippen LogP contribution in [-0.2, 0) is 34.5 Å². The monoisotopic (exact) mass is 427 g/mol. The Bertz CT molecular complexity index is 788. The first kappa shape index (κ1) is 24.7. The molecule has 170 valence electrons. The second kappa shape index (κ2) is 13.7. The summed E-state index contributed by atoms with van der Waals surface area (Å²) in [4.78, 5) is 29.7. The van der Waals surface area contributed by atoms with Gasteiger partial charge in [-0.3, -0.25) is 9.59 Å². The van der Waals surface area contributed by atoms with Gasteiger partial charge in [0.15, 0.2) is 0 Å². The van der Waals surface area contributed by atoms with Gasteiger partial charge >= 0.3 is 0 Å². The Morgan fingerprint density at radius 2 is 1.71 bits per heavy atom. The van der Waals surface area contributed by atoms with Crippen molar-refractivity contribution >= 4 is 11.8 Å². The molecule has 0 fully saturated rings. The van der Waals surface area contributed by atoms with Crippen LogP contribution in [0.4, 0.5) is 0 Å². The molecule has 1 heterocycles. The number of benzene rings is 1. The van der Waals surface area contributed by atoms with Gasteiger partial charge in [-0.1, -0.05) is 43.7 Å². The van der Waals surface area contributed by atoms with E-state index in [2.05, 4.69) is 6.92 Å². The predicted molar refractivity (Wildman–Crippen MR) is 123 cm³/mol. The molecule has 31 heavy (non-hydrogen) atoms. The van der Waals surface area contributed by atoms with Gasteiger partial charge < -0.3 is 19.1 Å². The minimum atomic E-state index is -0.0358. The van der Waals surface area contributed by atoms with Gasteiger partial charge in [0, 0.05) is 51.7 Å². The molecule has 0 aliphatic rings. The minimum absolute atomic E-state index is 0.0358. The van der Waals surface area contributed by atoms with Gasteiger partial charge in [-0.05, 0) is 37.5 Å². The number of hydrogen-bond acceptors (Lipinski definition) is 3. The number of ether oxygens (including phenoxy) is 1. The number of rotatable bonds is 14. The number of carbonyl (C=O) groups is 2. The largest absolute Gasteiger partial charge is 0.382 e. The molecule has 6 nitrogen and oxygen atoms in total. The molecule has 0 saturated heterocycles. The molecule has 0 saturated carbocycles. The zero-order valence-corrected chi connectivity index (χ0v) is 19.3. The normalized spacial score (nSPS) is 10.8. The molecule has 0 spiro atoms. The predicted octanol–water partition coefficient (Wildman–Crippen LogP) is 4.00.